The lowest BCUT2D eigenvalue weighted by molar-refractivity contribution is 0.770. The molecule has 2 aromatic rings. The standard InChI is InChI=1S/C15H18BrN7/c1-9(2)12-7-17-8-13(21-12)22-15-11(6-20-23(15)3)14-18-4-10(16)5-19-14/h4-6,8-9,17,22H,7H2,1-3H3. The van der Waals surface area contributed by atoms with E-state index in [4.69, 9.17) is 0 Å². The third-order valence-electron chi connectivity index (χ3n) is 3.50. The van der Waals surface area contributed by atoms with Gasteiger partial charge in [-0.1, -0.05) is 13.8 Å². The molecule has 0 bridgehead atoms. The Morgan fingerprint density at radius 2 is 2.00 bits per heavy atom. The molecule has 3 rings (SSSR count). The molecular weight excluding hydrogens is 358 g/mol. The molecule has 1 aliphatic heterocycles. The van der Waals surface area contributed by atoms with Crippen molar-refractivity contribution in [2.45, 2.75) is 13.8 Å². The van der Waals surface area contributed by atoms with Crippen LogP contribution in [-0.2, 0) is 7.05 Å². The van der Waals surface area contributed by atoms with Gasteiger partial charge in [-0.15, -0.1) is 0 Å². The Labute approximate surface area is 143 Å². The van der Waals surface area contributed by atoms with E-state index in [2.05, 4.69) is 60.5 Å². The largest absolute Gasteiger partial charge is 0.383 e. The molecule has 0 aliphatic carbocycles. The van der Waals surface area contributed by atoms with Gasteiger partial charge in [0, 0.05) is 31.4 Å². The molecule has 23 heavy (non-hydrogen) atoms. The van der Waals surface area contributed by atoms with Crippen LogP contribution in [0.3, 0.4) is 0 Å². The molecule has 2 aromatic heterocycles. The summed E-state index contributed by atoms with van der Waals surface area (Å²) < 4.78 is 2.59. The molecule has 0 unspecified atom stereocenters. The number of halogens is 1. The average Bonchev–Trinajstić information content (AvgIpc) is 2.89. The summed E-state index contributed by atoms with van der Waals surface area (Å²) in [6.07, 6.45) is 7.05. The van der Waals surface area contributed by atoms with E-state index in [1.165, 1.54) is 0 Å². The molecule has 7 nitrogen and oxygen atoms in total. The van der Waals surface area contributed by atoms with Crippen molar-refractivity contribution in [3.8, 4) is 11.4 Å². The molecule has 0 atom stereocenters. The van der Waals surface area contributed by atoms with Gasteiger partial charge in [-0.2, -0.15) is 5.10 Å². The Hall–Kier alpha value is -2.22. The van der Waals surface area contributed by atoms with Crippen molar-refractivity contribution in [3.63, 3.8) is 0 Å². The second-order valence-corrected chi connectivity index (χ2v) is 6.46. The molecular formula is C15H18BrN7. The number of aliphatic imine (C=N–C) groups is 1. The van der Waals surface area contributed by atoms with Gasteiger partial charge in [-0.3, -0.25) is 4.68 Å². The summed E-state index contributed by atoms with van der Waals surface area (Å²) >= 11 is 3.34. The average molecular weight is 376 g/mol. The van der Waals surface area contributed by atoms with Crippen LogP contribution in [0, 0.1) is 5.92 Å². The quantitative estimate of drug-likeness (QED) is 0.858. The maximum atomic E-state index is 4.66. The maximum absolute atomic E-state index is 4.66. The Balaban J connectivity index is 1.91. The fraction of sp³-hybridized carbons (Fsp3) is 0.333. The Morgan fingerprint density at radius 1 is 1.26 bits per heavy atom. The van der Waals surface area contributed by atoms with Crippen LogP contribution in [0.4, 0.5) is 5.82 Å². The number of hydrogen-bond acceptors (Lipinski definition) is 6. The predicted octanol–water partition coefficient (Wildman–Crippen LogP) is 2.55. The highest BCUT2D eigenvalue weighted by atomic mass is 79.9. The van der Waals surface area contributed by atoms with Crippen molar-refractivity contribution >= 4 is 27.5 Å². The highest BCUT2D eigenvalue weighted by Gasteiger charge is 2.16. The van der Waals surface area contributed by atoms with Crippen LogP contribution in [0.2, 0.25) is 0 Å². The molecule has 0 saturated carbocycles. The van der Waals surface area contributed by atoms with E-state index in [1.54, 1.807) is 23.3 Å². The van der Waals surface area contributed by atoms with Gasteiger partial charge in [0.25, 0.3) is 0 Å². The van der Waals surface area contributed by atoms with Crippen molar-refractivity contribution < 1.29 is 0 Å². The summed E-state index contributed by atoms with van der Waals surface area (Å²) in [5.74, 6) is 2.56. The predicted molar refractivity (Wildman–Crippen MR) is 93.9 cm³/mol. The van der Waals surface area contributed by atoms with Crippen LogP contribution in [0.1, 0.15) is 13.8 Å². The lowest BCUT2D eigenvalue weighted by atomic mass is 10.1. The number of anilines is 1. The minimum absolute atomic E-state index is 0.397. The molecule has 0 aromatic carbocycles. The zero-order valence-corrected chi connectivity index (χ0v) is 14.8. The van der Waals surface area contributed by atoms with Crippen LogP contribution in [-0.4, -0.2) is 32.0 Å². The zero-order valence-electron chi connectivity index (χ0n) is 13.2. The molecule has 1 aliphatic rings. The fourth-order valence-electron chi connectivity index (χ4n) is 2.20. The first-order valence-electron chi connectivity index (χ1n) is 7.32. The number of hydrogen-bond donors (Lipinski definition) is 2. The zero-order chi connectivity index (χ0) is 16.4. The summed E-state index contributed by atoms with van der Waals surface area (Å²) in [7, 11) is 1.87. The van der Waals surface area contributed by atoms with Gasteiger partial charge < -0.3 is 10.6 Å². The van der Waals surface area contributed by atoms with Crippen molar-refractivity contribution in [2.24, 2.45) is 18.0 Å². The van der Waals surface area contributed by atoms with Crippen molar-refractivity contribution in [1.29, 1.82) is 0 Å². The highest BCUT2D eigenvalue weighted by molar-refractivity contribution is 9.10. The van der Waals surface area contributed by atoms with E-state index in [9.17, 15) is 0 Å². The van der Waals surface area contributed by atoms with E-state index >= 15 is 0 Å². The van der Waals surface area contributed by atoms with Crippen molar-refractivity contribution in [3.05, 3.63) is 35.1 Å². The molecule has 3 heterocycles. The molecule has 0 spiro atoms. The molecule has 120 valence electrons. The summed E-state index contributed by atoms with van der Waals surface area (Å²) in [5.41, 5.74) is 1.94. The fourth-order valence-corrected chi connectivity index (χ4v) is 2.40. The third kappa shape index (κ3) is 3.42. The SMILES string of the molecule is CC(C)C1=NC(Nc2c(-c3ncc(Br)cn3)cnn2C)=CNC1. The highest BCUT2D eigenvalue weighted by Crippen LogP contribution is 2.26. The third-order valence-corrected chi connectivity index (χ3v) is 3.91. The summed E-state index contributed by atoms with van der Waals surface area (Å²) in [6, 6.07) is 0. The maximum Gasteiger partial charge on any atom is 0.164 e. The van der Waals surface area contributed by atoms with E-state index in [0.29, 0.717) is 11.7 Å². The Kier molecular flexibility index (Phi) is 4.42. The summed E-state index contributed by atoms with van der Waals surface area (Å²) in [4.78, 5) is 13.3. The van der Waals surface area contributed by atoms with Gasteiger partial charge in [0.05, 0.1) is 22.8 Å². The van der Waals surface area contributed by atoms with Gasteiger partial charge in [0.1, 0.15) is 11.6 Å². The van der Waals surface area contributed by atoms with E-state index in [-0.39, 0.29) is 0 Å². The van der Waals surface area contributed by atoms with Gasteiger partial charge in [0.2, 0.25) is 0 Å². The molecule has 8 heteroatoms. The van der Waals surface area contributed by atoms with Crippen LogP contribution in [0.15, 0.2) is 40.1 Å². The van der Waals surface area contributed by atoms with E-state index in [1.807, 2.05) is 13.2 Å². The Bertz CT molecular complexity index is 759. The lowest BCUT2D eigenvalue weighted by Gasteiger charge is -2.18. The number of nitrogens with one attached hydrogen (secondary N) is 2. The topological polar surface area (TPSA) is 80.0 Å². The minimum atomic E-state index is 0.397. The number of aryl methyl sites for hydroxylation is 1. The van der Waals surface area contributed by atoms with Gasteiger partial charge >= 0.3 is 0 Å². The first kappa shape index (κ1) is 15.7. The molecule has 0 fully saturated rings. The number of nitrogens with zero attached hydrogens (tertiary/aromatic N) is 5. The molecule has 0 amide bonds. The molecule has 0 radical (unpaired) electrons. The Morgan fingerprint density at radius 3 is 2.70 bits per heavy atom. The monoisotopic (exact) mass is 375 g/mol. The first-order valence-corrected chi connectivity index (χ1v) is 8.12. The number of rotatable bonds is 4. The van der Waals surface area contributed by atoms with Crippen LogP contribution in [0.25, 0.3) is 11.4 Å². The van der Waals surface area contributed by atoms with E-state index < -0.39 is 0 Å². The minimum Gasteiger partial charge on any atom is -0.383 e. The van der Waals surface area contributed by atoms with Crippen LogP contribution >= 0.6 is 15.9 Å². The van der Waals surface area contributed by atoms with Gasteiger partial charge in [-0.05, 0) is 21.8 Å². The van der Waals surface area contributed by atoms with Crippen molar-refractivity contribution in [1.82, 2.24) is 25.1 Å². The second-order valence-electron chi connectivity index (χ2n) is 5.55. The van der Waals surface area contributed by atoms with Gasteiger partial charge in [0.15, 0.2) is 5.82 Å². The second kappa shape index (κ2) is 6.49. The summed E-state index contributed by atoms with van der Waals surface area (Å²) in [6.45, 7) is 5.04. The lowest BCUT2D eigenvalue weighted by Crippen LogP contribution is -2.28. The normalized spacial score (nSPS) is 14.3. The van der Waals surface area contributed by atoms with Crippen LogP contribution in [0.5, 0.6) is 0 Å². The molecule has 0 saturated heterocycles. The first-order chi connectivity index (χ1) is 11.0. The van der Waals surface area contributed by atoms with Gasteiger partial charge in [-0.25, -0.2) is 15.0 Å². The summed E-state index contributed by atoms with van der Waals surface area (Å²) in [5, 5.41) is 10.9. The number of aromatic nitrogens is 4. The van der Waals surface area contributed by atoms with Crippen molar-refractivity contribution in [2.75, 3.05) is 11.9 Å². The van der Waals surface area contributed by atoms with E-state index in [0.717, 1.165) is 33.9 Å². The van der Waals surface area contributed by atoms with Crippen LogP contribution < -0.4 is 10.6 Å². The molecule has 2 N–H and O–H groups in total. The smallest absolute Gasteiger partial charge is 0.164 e.